The van der Waals surface area contributed by atoms with Gasteiger partial charge in [-0.3, -0.25) is 0 Å². The Morgan fingerprint density at radius 3 is 2.38 bits per heavy atom. The summed E-state index contributed by atoms with van der Waals surface area (Å²) in [4.78, 5) is 2.30. The summed E-state index contributed by atoms with van der Waals surface area (Å²) in [6.07, 6.45) is 2.40. The van der Waals surface area contributed by atoms with E-state index in [4.69, 9.17) is 0 Å². The quantitative estimate of drug-likeness (QED) is 0.787. The number of rotatable bonds is 4. The monoisotopic (exact) mass is 248 g/mol. The molecule has 0 aliphatic carbocycles. The lowest BCUT2D eigenvalue weighted by molar-refractivity contribution is 0.326. The molecule has 0 bridgehead atoms. The van der Waals surface area contributed by atoms with Crippen molar-refractivity contribution in [3.05, 3.63) is 0 Å². The number of likely N-dealkylation sites (N-methyl/N-ethyl adjacent to an activating group) is 1. The minimum absolute atomic E-state index is 0.418. The smallest absolute Gasteiger partial charge is 0.153 e. The molecule has 1 aliphatic heterocycles. The molecule has 1 heterocycles. The minimum atomic E-state index is -3.00. The summed E-state index contributed by atoms with van der Waals surface area (Å²) >= 11 is 0. The molecule has 1 rings (SSSR count). The van der Waals surface area contributed by atoms with Crippen molar-refractivity contribution in [3.8, 4) is 0 Å². The van der Waals surface area contributed by atoms with Gasteiger partial charge in [-0.05, 0) is 34.2 Å². The normalized spacial score (nSPS) is 28.6. The molecule has 0 aromatic carbocycles. The van der Waals surface area contributed by atoms with Gasteiger partial charge >= 0.3 is 0 Å². The van der Waals surface area contributed by atoms with Crippen LogP contribution >= 0.6 is 0 Å². The van der Waals surface area contributed by atoms with Gasteiger partial charge in [0.2, 0.25) is 0 Å². The Morgan fingerprint density at radius 1 is 1.44 bits per heavy atom. The van der Waals surface area contributed by atoms with Gasteiger partial charge < -0.3 is 10.2 Å². The molecule has 2 unspecified atom stereocenters. The van der Waals surface area contributed by atoms with Crippen molar-refractivity contribution in [1.82, 2.24) is 10.2 Å². The molecule has 16 heavy (non-hydrogen) atoms. The first-order chi connectivity index (χ1) is 7.13. The van der Waals surface area contributed by atoms with Gasteiger partial charge in [-0.15, -0.1) is 0 Å². The highest BCUT2D eigenvalue weighted by molar-refractivity contribution is 7.92. The van der Waals surface area contributed by atoms with Gasteiger partial charge in [0.15, 0.2) is 9.84 Å². The standard InChI is InChI=1S/C11H24N2O2S/c1-9-6-10(7-13(9)4)12-8-11(2,3)16(5,14)15/h9-10,12H,6-8H2,1-5H3. The third-order valence-corrected chi connectivity index (χ3v) is 5.86. The summed E-state index contributed by atoms with van der Waals surface area (Å²) < 4.78 is 22.4. The Bertz CT molecular complexity index is 328. The number of likely N-dealkylation sites (tertiary alicyclic amines) is 1. The van der Waals surface area contributed by atoms with E-state index in [9.17, 15) is 8.42 Å². The van der Waals surface area contributed by atoms with Crippen molar-refractivity contribution in [1.29, 1.82) is 0 Å². The van der Waals surface area contributed by atoms with E-state index in [-0.39, 0.29) is 0 Å². The lowest BCUT2D eigenvalue weighted by atomic mass is 10.1. The summed E-state index contributed by atoms with van der Waals surface area (Å²) in [5, 5.41) is 3.37. The summed E-state index contributed by atoms with van der Waals surface area (Å²) in [5.41, 5.74) is 0. The zero-order chi connectivity index (χ0) is 12.6. The third-order valence-electron chi connectivity index (χ3n) is 3.71. The number of nitrogens with zero attached hydrogens (tertiary/aromatic N) is 1. The molecular formula is C11H24N2O2S. The van der Waals surface area contributed by atoms with Crippen LogP contribution in [0.1, 0.15) is 27.2 Å². The largest absolute Gasteiger partial charge is 0.311 e. The van der Waals surface area contributed by atoms with Gasteiger partial charge in [0.1, 0.15) is 0 Å². The Kier molecular flexibility index (Phi) is 4.03. The number of sulfone groups is 1. The first-order valence-electron chi connectivity index (χ1n) is 5.77. The van der Waals surface area contributed by atoms with Gasteiger partial charge in [-0.25, -0.2) is 8.42 Å². The molecule has 1 N–H and O–H groups in total. The highest BCUT2D eigenvalue weighted by Crippen LogP contribution is 2.18. The van der Waals surface area contributed by atoms with Crippen LogP contribution in [0, 0.1) is 0 Å². The lowest BCUT2D eigenvalue weighted by Crippen LogP contribution is -2.45. The molecule has 0 amide bonds. The second-order valence-electron chi connectivity index (χ2n) is 5.63. The van der Waals surface area contributed by atoms with Gasteiger partial charge in [0.05, 0.1) is 4.75 Å². The molecule has 1 aliphatic rings. The molecule has 4 nitrogen and oxygen atoms in total. The highest BCUT2D eigenvalue weighted by Gasteiger charge is 2.32. The van der Waals surface area contributed by atoms with Gasteiger partial charge in [-0.2, -0.15) is 0 Å². The average Bonchev–Trinajstić information content (AvgIpc) is 2.41. The Balaban J connectivity index is 2.47. The maximum Gasteiger partial charge on any atom is 0.153 e. The fourth-order valence-corrected chi connectivity index (χ4v) is 2.21. The maximum atomic E-state index is 11.5. The molecule has 0 radical (unpaired) electrons. The van der Waals surface area contributed by atoms with Crippen LogP contribution in [0.3, 0.4) is 0 Å². The number of hydrogen-bond donors (Lipinski definition) is 1. The molecule has 0 saturated carbocycles. The topological polar surface area (TPSA) is 49.4 Å². The molecule has 96 valence electrons. The predicted octanol–water partition coefficient (Wildman–Crippen LogP) is 0.492. The fraction of sp³-hybridized carbons (Fsp3) is 1.00. The summed E-state index contributed by atoms with van der Waals surface area (Å²) in [6.45, 7) is 7.27. The number of hydrogen-bond acceptors (Lipinski definition) is 4. The molecule has 0 aromatic heterocycles. The lowest BCUT2D eigenvalue weighted by Gasteiger charge is -2.25. The second-order valence-corrected chi connectivity index (χ2v) is 8.28. The predicted molar refractivity (Wildman–Crippen MR) is 67.4 cm³/mol. The van der Waals surface area contributed by atoms with Crippen LogP contribution in [0.5, 0.6) is 0 Å². The summed E-state index contributed by atoms with van der Waals surface area (Å²) in [7, 11) is -0.892. The Hall–Kier alpha value is -0.130. The maximum absolute atomic E-state index is 11.5. The average molecular weight is 248 g/mol. The highest BCUT2D eigenvalue weighted by atomic mass is 32.2. The molecule has 1 fully saturated rings. The summed E-state index contributed by atoms with van der Waals surface area (Å²) in [6, 6.07) is 1.000. The van der Waals surface area contributed by atoms with E-state index in [1.807, 2.05) is 0 Å². The van der Waals surface area contributed by atoms with Crippen LogP contribution in [0.15, 0.2) is 0 Å². The van der Waals surface area contributed by atoms with E-state index >= 15 is 0 Å². The first kappa shape index (κ1) is 13.9. The molecule has 0 aromatic rings. The van der Waals surface area contributed by atoms with Crippen molar-refractivity contribution in [2.45, 2.75) is 44.0 Å². The zero-order valence-corrected chi connectivity index (χ0v) is 11.8. The zero-order valence-electron chi connectivity index (χ0n) is 10.9. The van der Waals surface area contributed by atoms with E-state index in [2.05, 4.69) is 24.2 Å². The van der Waals surface area contributed by atoms with Crippen LogP contribution in [0.4, 0.5) is 0 Å². The van der Waals surface area contributed by atoms with Gasteiger partial charge in [0, 0.05) is 31.4 Å². The molecule has 1 saturated heterocycles. The Morgan fingerprint density at radius 2 is 2.00 bits per heavy atom. The fourth-order valence-electron chi connectivity index (χ4n) is 1.86. The van der Waals surface area contributed by atoms with Crippen LogP contribution in [-0.2, 0) is 9.84 Å². The van der Waals surface area contributed by atoms with Crippen LogP contribution < -0.4 is 5.32 Å². The van der Waals surface area contributed by atoms with Crippen LogP contribution in [0.25, 0.3) is 0 Å². The van der Waals surface area contributed by atoms with E-state index in [0.717, 1.165) is 13.0 Å². The first-order valence-corrected chi connectivity index (χ1v) is 7.66. The molecular weight excluding hydrogens is 224 g/mol. The summed E-state index contributed by atoms with van der Waals surface area (Å²) in [5.74, 6) is 0. The number of nitrogens with one attached hydrogen (secondary N) is 1. The van der Waals surface area contributed by atoms with Crippen molar-refractivity contribution in [2.75, 3.05) is 26.4 Å². The molecule has 0 spiro atoms. The van der Waals surface area contributed by atoms with Gasteiger partial charge in [-0.1, -0.05) is 0 Å². The van der Waals surface area contributed by atoms with E-state index in [0.29, 0.717) is 18.6 Å². The SMILES string of the molecule is CC1CC(NCC(C)(C)S(C)(=O)=O)CN1C. The minimum Gasteiger partial charge on any atom is -0.311 e. The van der Waals surface area contributed by atoms with Crippen LogP contribution in [0.2, 0.25) is 0 Å². The third kappa shape index (κ3) is 3.18. The molecule has 2 atom stereocenters. The van der Waals surface area contributed by atoms with Crippen LogP contribution in [-0.4, -0.2) is 56.5 Å². The van der Waals surface area contributed by atoms with E-state index in [1.165, 1.54) is 6.26 Å². The Labute approximate surface area is 99.3 Å². The van der Waals surface area contributed by atoms with E-state index in [1.54, 1.807) is 13.8 Å². The van der Waals surface area contributed by atoms with Crippen molar-refractivity contribution >= 4 is 9.84 Å². The van der Waals surface area contributed by atoms with Crippen molar-refractivity contribution < 1.29 is 8.42 Å². The van der Waals surface area contributed by atoms with Gasteiger partial charge in [0.25, 0.3) is 0 Å². The second kappa shape index (κ2) is 4.63. The molecule has 5 heteroatoms. The van der Waals surface area contributed by atoms with E-state index < -0.39 is 14.6 Å². The van der Waals surface area contributed by atoms with Crippen molar-refractivity contribution in [2.24, 2.45) is 0 Å². The van der Waals surface area contributed by atoms with Crippen molar-refractivity contribution in [3.63, 3.8) is 0 Å².